The predicted molar refractivity (Wildman–Crippen MR) is 71.3 cm³/mol. The summed E-state index contributed by atoms with van der Waals surface area (Å²) in [6.07, 6.45) is 5.48. The highest BCUT2D eigenvalue weighted by atomic mass is 16.5. The molecule has 2 aliphatic rings. The fourth-order valence-corrected chi connectivity index (χ4v) is 2.93. The first kappa shape index (κ1) is 13.3. The van der Waals surface area contributed by atoms with Gasteiger partial charge >= 0.3 is 0 Å². The van der Waals surface area contributed by atoms with Gasteiger partial charge < -0.3 is 15.0 Å². The quantitative estimate of drug-likeness (QED) is 0.765. The molecule has 0 aromatic carbocycles. The van der Waals surface area contributed by atoms with E-state index in [0.29, 0.717) is 0 Å². The van der Waals surface area contributed by atoms with Crippen LogP contribution < -0.4 is 5.32 Å². The molecule has 2 aliphatic heterocycles. The van der Waals surface area contributed by atoms with Crippen LogP contribution in [-0.4, -0.2) is 50.8 Å². The molecule has 0 amide bonds. The van der Waals surface area contributed by atoms with Crippen molar-refractivity contribution in [3.8, 4) is 0 Å². The Kier molecular flexibility index (Phi) is 5.75. The molecule has 2 atom stereocenters. The minimum absolute atomic E-state index is 0.761. The summed E-state index contributed by atoms with van der Waals surface area (Å²) < 4.78 is 5.39. The predicted octanol–water partition coefficient (Wildman–Crippen LogP) is 1.73. The van der Waals surface area contributed by atoms with Gasteiger partial charge in [-0.15, -0.1) is 0 Å². The van der Waals surface area contributed by atoms with E-state index >= 15 is 0 Å². The van der Waals surface area contributed by atoms with Crippen LogP contribution in [0.3, 0.4) is 0 Å². The van der Waals surface area contributed by atoms with E-state index in [1.54, 1.807) is 0 Å². The lowest BCUT2D eigenvalue weighted by Gasteiger charge is -2.29. The number of rotatable bonds is 6. The van der Waals surface area contributed by atoms with Crippen LogP contribution in [0, 0.1) is 11.8 Å². The Hall–Kier alpha value is -0.120. The molecule has 0 saturated carbocycles. The molecule has 3 nitrogen and oxygen atoms in total. The third-order valence-corrected chi connectivity index (χ3v) is 3.97. The van der Waals surface area contributed by atoms with Crippen LogP contribution in [0.1, 0.15) is 32.6 Å². The van der Waals surface area contributed by atoms with Crippen molar-refractivity contribution >= 4 is 0 Å². The van der Waals surface area contributed by atoms with Crippen LogP contribution in [0.15, 0.2) is 0 Å². The summed E-state index contributed by atoms with van der Waals surface area (Å²) in [5.74, 6) is 1.53. The Morgan fingerprint density at radius 3 is 2.82 bits per heavy atom. The van der Waals surface area contributed by atoms with Gasteiger partial charge in [0.05, 0.1) is 6.61 Å². The van der Waals surface area contributed by atoms with Crippen LogP contribution in [-0.2, 0) is 4.74 Å². The van der Waals surface area contributed by atoms with Crippen molar-refractivity contribution in [1.29, 1.82) is 0 Å². The molecule has 2 fully saturated rings. The fourth-order valence-electron chi connectivity index (χ4n) is 2.93. The molecule has 0 aromatic rings. The van der Waals surface area contributed by atoms with Crippen LogP contribution >= 0.6 is 0 Å². The first-order chi connectivity index (χ1) is 8.34. The van der Waals surface area contributed by atoms with E-state index in [0.717, 1.165) is 38.1 Å². The maximum absolute atomic E-state index is 5.39. The lowest BCUT2D eigenvalue weighted by atomic mass is 10.1. The summed E-state index contributed by atoms with van der Waals surface area (Å²) >= 11 is 0. The Labute approximate surface area is 106 Å². The third kappa shape index (κ3) is 4.94. The van der Waals surface area contributed by atoms with Crippen LogP contribution in [0.5, 0.6) is 0 Å². The van der Waals surface area contributed by atoms with Gasteiger partial charge in [0, 0.05) is 19.7 Å². The average molecular weight is 240 g/mol. The molecule has 0 bridgehead atoms. The summed E-state index contributed by atoms with van der Waals surface area (Å²) in [6, 6.07) is 0. The molecule has 17 heavy (non-hydrogen) atoms. The molecular formula is C14H28N2O. The van der Waals surface area contributed by atoms with Crippen molar-refractivity contribution in [1.82, 2.24) is 10.2 Å². The highest BCUT2D eigenvalue weighted by Gasteiger charge is 2.16. The highest BCUT2D eigenvalue weighted by molar-refractivity contribution is 4.71. The monoisotopic (exact) mass is 240 g/mol. The Bertz CT molecular complexity index is 198. The Balaban J connectivity index is 1.52. The summed E-state index contributed by atoms with van der Waals surface area (Å²) in [6.45, 7) is 10.5. The van der Waals surface area contributed by atoms with E-state index < -0.39 is 0 Å². The fraction of sp³-hybridized carbons (Fsp3) is 1.00. The Morgan fingerprint density at radius 2 is 2.12 bits per heavy atom. The zero-order valence-electron chi connectivity index (χ0n) is 11.3. The maximum atomic E-state index is 5.39. The van der Waals surface area contributed by atoms with E-state index in [-0.39, 0.29) is 0 Å². The normalized spacial score (nSPS) is 28.4. The van der Waals surface area contributed by atoms with E-state index in [1.807, 2.05) is 0 Å². The van der Waals surface area contributed by atoms with Crippen molar-refractivity contribution in [2.75, 3.05) is 45.9 Å². The van der Waals surface area contributed by atoms with Crippen molar-refractivity contribution in [3.63, 3.8) is 0 Å². The SMILES string of the molecule is CC(CNCC1CCOC1)CN1CCCCC1. The molecule has 0 radical (unpaired) electrons. The highest BCUT2D eigenvalue weighted by Crippen LogP contribution is 2.12. The van der Waals surface area contributed by atoms with Gasteiger partial charge in [-0.05, 0) is 50.7 Å². The third-order valence-electron chi connectivity index (χ3n) is 3.97. The molecule has 0 spiro atoms. The van der Waals surface area contributed by atoms with Crippen molar-refractivity contribution in [2.24, 2.45) is 11.8 Å². The van der Waals surface area contributed by atoms with E-state index in [4.69, 9.17) is 4.74 Å². The number of piperidine rings is 1. The smallest absolute Gasteiger partial charge is 0.0507 e. The first-order valence-electron chi connectivity index (χ1n) is 7.35. The topological polar surface area (TPSA) is 24.5 Å². The van der Waals surface area contributed by atoms with Crippen molar-refractivity contribution in [3.05, 3.63) is 0 Å². The van der Waals surface area contributed by atoms with Crippen LogP contribution in [0.25, 0.3) is 0 Å². The molecule has 2 rings (SSSR count). The standard InChI is InChI=1S/C14H28N2O/c1-13(11-16-6-3-2-4-7-16)9-15-10-14-5-8-17-12-14/h13-15H,2-12H2,1H3. The van der Waals surface area contributed by atoms with E-state index in [1.165, 1.54) is 45.3 Å². The molecule has 2 unspecified atom stereocenters. The van der Waals surface area contributed by atoms with Gasteiger partial charge in [-0.3, -0.25) is 0 Å². The second-order valence-electron chi connectivity index (χ2n) is 5.85. The molecule has 2 heterocycles. The van der Waals surface area contributed by atoms with Crippen LogP contribution in [0.2, 0.25) is 0 Å². The molecule has 2 saturated heterocycles. The van der Waals surface area contributed by atoms with Gasteiger partial charge in [0.25, 0.3) is 0 Å². The maximum Gasteiger partial charge on any atom is 0.0507 e. The molecule has 0 aromatic heterocycles. The lowest BCUT2D eigenvalue weighted by Crippen LogP contribution is -2.37. The molecule has 100 valence electrons. The second-order valence-corrected chi connectivity index (χ2v) is 5.85. The van der Waals surface area contributed by atoms with Crippen molar-refractivity contribution < 1.29 is 4.74 Å². The van der Waals surface area contributed by atoms with E-state index in [9.17, 15) is 0 Å². The lowest BCUT2D eigenvalue weighted by molar-refractivity contribution is 0.182. The summed E-state index contributed by atoms with van der Waals surface area (Å²) in [4.78, 5) is 2.63. The first-order valence-corrected chi connectivity index (χ1v) is 7.35. The minimum atomic E-state index is 0.761. The Morgan fingerprint density at radius 1 is 1.29 bits per heavy atom. The van der Waals surface area contributed by atoms with Gasteiger partial charge in [0.15, 0.2) is 0 Å². The van der Waals surface area contributed by atoms with Gasteiger partial charge in [-0.1, -0.05) is 13.3 Å². The number of hydrogen-bond donors (Lipinski definition) is 1. The molecule has 0 aliphatic carbocycles. The molecular weight excluding hydrogens is 212 g/mol. The number of ether oxygens (including phenoxy) is 1. The second kappa shape index (κ2) is 7.34. The number of nitrogens with one attached hydrogen (secondary N) is 1. The van der Waals surface area contributed by atoms with Gasteiger partial charge in [0.1, 0.15) is 0 Å². The summed E-state index contributed by atoms with van der Waals surface area (Å²) in [5, 5.41) is 3.61. The van der Waals surface area contributed by atoms with Crippen molar-refractivity contribution in [2.45, 2.75) is 32.6 Å². The zero-order valence-corrected chi connectivity index (χ0v) is 11.3. The minimum Gasteiger partial charge on any atom is -0.381 e. The van der Waals surface area contributed by atoms with Gasteiger partial charge in [-0.2, -0.15) is 0 Å². The van der Waals surface area contributed by atoms with Crippen LogP contribution in [0.4, 0.5) is 0 Å². The molecule has 1 N–H and O–H groups in total. The van der Waals surface area contributed by atoms with Gasteiger partial charge in [0.2, 0.25) is 0 Å². The zero-order chi connectivity index (χ0) is 11.9. The number of hydrogen-bond acceptors (Lipinski definition) is 3. The average Bonchev–Trinajstić information content (AvgIpc) is 2.83. The number of likely N-dealkylation sites (tertiary alicyclic amines) is 1. The largest absolute Gasteiger partial charge is 0.381 e. The summed E-state index contributed by atoms with van der Waals surface area (Å²) in [5.41, 5.74) is 0. The van der Waals surface area contributed by atoms with E-state index in [2.05, 4.69) is 17.1 Å². The molecule has 3 heteroatoms. The summed E-state index contributed by atoms with van der Waals surface area (Å²) in [7, 11) is 0. The number of nitrogens with zero attached hydrogens (tertiary/aromatic N) is 1. The van der Waals surface area contributed by atoms with Gasteiger partial charge in [-0.25, -0.2) is 0 Å².